The van der Waals surface area contributed by atoms with Crippen molar-refractivity contribution in [3.8, 4) is 0 Å². The fourth-order valence-electron chi connectivity index (χ4n) is 4.48. The van der Waals surface area contributed by atoms with Gasteiger partial charge in [0.2, 0.25) is 0 Å². The third-order valence-electron chi connectivity index (χ3n) is 6.20. The van der Waals surface area contributed by atoms with E-state index in [0.29, 0.717) is 12.2 Å². The largest absolute Gasteiger partial charge is 0.453 e. The van der Waals surface area contributed by atoms with Gasteiger partial charge in [0, 0.05) is 37.4 Å². The van der Waals surface area contributed by atoms with Crippen molar-refractivity contribution in [3.63, 3.8) is 0 Å². The molecule has 0 spiro atoms. The molecule has 1 saturated carbocycles. The quantitative estimate of drug-likeness (QED) is 0.455. The fourth-order valence-corrected chi connectivity index (χ4v) is 4.48. The lowest BCUT2D eigenvalue weighted by Crippen LogP contribution is -2.60. The van der Waals surface area contributed by atoms with Crippen LogP contribution in [0.4, 0.5) is 10.5 Å². The van der Waals surface area contributed by atoms with E-state index >= 15 is 0 Å². The van der Waals surface area contributed by atoms with Gasteiger partial charge in [-0.2, -0.15) is 0 Å². The maximum Gasteiger partial charge on any atom is 0.411 e. The standard InChI is InChI=1S/C23H37N5O3/c1-3-24-21(25-17-19-7-9-20(10-8-19)27-22(29)30-2)26-18-23(11-5-4-6-12-23)28-13-15-31-16-14-28/h7-10H,3-6,11-18H2,1-2H3,(H,27,29)(H2,24,25,26). The number of methoxy groups -OCH3 is 1. The van der Waals surface area contributed by atoms with Crippen LogP contribution >= 0.6 is 0 Å². The van der Waals surface area contributed by atoms with Crippen molar-refractivity contribution < 1.29 is 14.3 Å². The Morgan fingerprint density at radius 1 is 1.13 bits per heavy atom. The van der Waals surface area contributed by atoms with Gasteiger partial charge in [-0.15, -0.1) is 0 Å². The fraction of sp³-hybridized carbons (Fsp3) is 0.652. The summed E-state index contributed by atoms with van der Waals surface area (Å²) in [5.74, 6) is 0.845. The average Bonchev–Trinajstić information content (AvgIpc) is 2.83. The molecule has 1 aromatic rings. The van der Waals surface area contributed by atoms with Crippen LogP contribution in [0.2, 0.25) is 0 Å². The molecule has 172 valence electrons. The number of aliphatic imine (C=N–C) groups is 1. The number of ether oxygens (including phenoxy) is 2. The molecule has 0 bridgehead atoms. The van der Waals surface area contributed by atoms with E-state index in [1.807, 2.05) is 24.3 Å². The van der Waals surface area contributed by atoms with E-state index < -0.39 is 6.09 Å². The predicted molar refractivity (Wildman–Crippen MR) is 123 cm³/mol. The number of hydrogen-bond donors (Lipinski definition) is 3. The number of nitrogens with one attached hydrogen (secondary N) is 3. The van der Waals surface area contributed by atoms with Crippen LogP contribution in [0.1, 0.15) is 44.6 Å². The van der Waals surface area contributed by atoms with Crippen molar-refractivity contribution in [1.29, 1.82) is 0 Å². The van der Waals surface area contributed by atoms with Gasteiger partial charge in [0.15, 0.2) is 5.96 Å². The topological polar surface area (TPSA) is 87.2 Å². The molecule has 1 aromatic carbocycles. The summed E-state index contributed by atoms with van der Waals surface area (Å²) >= 11 is 0. The van der Waals surface area contributed by atoms with Crippen molar-refractivity contribution in [1.82, 2.24) is 15.5 Å². The predicted octanol–water partition coefficient (Wildman–Crippen LogP) is 2.96. The highest BCUT2D eigenvalue weighted by molar-refractivity contribution is 5.84. The summed E-state index contributed by atoms with van der Waals surface area (Å²) in [6, 6.07) is 7.65. The van der Waals surface area contributed by atoms with Gasteiger partial charge in [0.05, 0.1) is 26.9 Å². The molecule has 1 saturated heterocycles. The van der Waals surface area contributed by atoms with Crippen molar-refractivity contribution in [3.05, 3.63) is 29.8 Å². The van der Waals surface area contributed by atoms with Crippen molar-refractivity contribution in [2.24, 2.45) is 4.99 Å². The van der Waals surface area contributed by atoms with Crippen molar-refractivity contribution in [2.45, 2.75) is 51.1 Å². The maximum absolute atomic E-state index is 11.3. The minimum atomic E-state index is -0.471. The summed E-state index contributed by atoms with van der Waals surface area (Å²) < 4.78 is 10.2. The minimum absolute atomic E-state index is 0.194. The van der Waals surface area contributed by atoms with E-state index in [-0.39, 0.29) is 5.54 Å². The first kappa shape index (κ1) is 23.3. The van der Waals surface area contributed by atoms with Crippen LogP contribution in [0.3, 0.4) is 0 Å². The first-order valence-electron chi connectivity index (χ1n) is 11.4. The molecule has 3 N–H and O–H groups in total. The van der Waals surface area contributed by atoms with Crippen LogP contribution in [0, 0.1) is 0 Å². The molecule has 2 aliphatic rings. The summed E-state index contributed by atoms with van der Waals surface area (Å²) in [5, 5.41) is 9.67. The van der Waals surface area contributed by atoms with Gasteiger partial charge in [-0.3, -0.25) is 10.2 Å². The number of amides is 1. The first-order valence-corrected chi connectivity index (χ1v) is 11.4. The number of carbonyl (C=O) groups is 1. The maximum atomic E-state index is 11.3. The van der Waals surface area contributed by atoms with Crippen LogP contribution in [-0.4, -0.2) is 69.0 Å². The number of guanidine groups is 1. The number of morpholine rings is 1. The highest BCUT2D eigenvalue weighted by atomic mass is 16.5. The SMILES string of the molecule is CCNC(=NCc1ccc(NC(=O)OC)cc1)NCC1(N2CCOCC2)CCCCC1. The molecule has 0 aromatic heterocycles. The lowest BCUT2D eigenvalue weighted by Gasteiger charge is -2.48. The Hall–Kier alpha value is -2.32. The molecule has 0 radical (unpaired) electrons. The number of carbonyl (C=O) groups excluding carboxylic acids is 1. The Balaban J connectivity index is 1.61. The van der Waals surface area contributed by atoms with Crippen LogP contribution in [0.5, 0.6) is 0 Å². The highest BCUT2D eigenvalue weighted by Gasteiger charge is 2.38. The molecule has 1 aliphatic heterocycles. The van der Waals surface area contributed by atoms with Gasteiger partial charge >= 0.3 is 6.09 Å². The zero-order valence-corrected chi connectivity index (χ0v) is 18.9. The Kier molecular flexibility index (Phi) is 8.97. The van der Waals surface area contributed by atoms with Crippen LogP contribution in [-0.2, 0) is 16.0 Å². The second kappa shape index (κ2) is 11.9. The van der Waals surface area contributed by atoms with Gasteiger partial charge in [0.1, 0.15) is 0 Å². The minimum Gasteiger partial charge on any atom is -0.453 e. The zero-order chi connectivity index (χ0) is 21.9. The van der Waals surface area contributed by atoms with E-state index in [0.717, 1.165) is 50.9 Å². The van der Waals surface area contributed by atoms with E-state index in [4.69, 9.17) is 9.73 Å². The van der Waals surface area contributed by atoms with Crippen molar-refractivity contribution in [2.75, 3.05) is 51.8 Å². The Labute approximate surface area is 185 Å². The van der Waals surface area contributed by atoms with E-state index in [9.17, 15) is 4.79 Å². The van der Waals surface area contributed by atoms with Gasteiger partial charge in [-0.05, 0) is 37.5 Å². The Bertz CT molecular complexity index is 710. The second-order valence-electron chi connectivity index (χ2n) is 8.25. The molecule has 1 aliphatic carbocycles. The molecule has 31 heavy (non-hydrogen) atoms. The lowest BCUT2D eigenvalue weighted by atomic mass is 9.80. The number of nitrogens with zero attached hydrogens (tertiary/aromatic N) is 2. The lowest BCUT2D eigenvalue weighted by molar-refractivity contribution is -0.0352. The van der Waals surface area contributed by atoms with Crippen molar-refractivity contribution >= 4 is 17.7 Å². The molecule has 3 rings (SSSR count). The number of hydrogen-bond acceptors (Lipinski definition) is 5. The molecule has 2 fully saturated rings. The molecule has 8 nitrogen and oxygen atoms in total. The third-order valence-corrected chi connectivity index (χ3v) is 6.20. The van der Waals surface area contributed by atoms with Crippen LogP contribution in [0.15, 0.2) is 29.3 Å². The smallest absolute Gasteiger partial charge is 0.411 e. The number of anilines is 1. The van der Waals surface area contributed by atoms with E-state index in [2.05, 4.69) is 32.5 Å². The second-order valence-corrected chi connectivity index (χ2v) is 8.25. The number of benzene rings is 1. The molecular weight excluding hydrogens is 394 g/mol. The monoisotopic (exact) mass is 431 g/mol. The molecule has 1 amide bonds. The molecule has 8 heteroatoms. The van der Waals surface area contributed by atoms with Gasteiger partial charge < -0.3 is 20.1 Å². The third kappa shape index (κ3) is 6.83. The van der Waals surface area contributed by atoms with Gasteiger partial charge in [-0.1, -0.05) is 31.4 Å². The van der Waals surface area contributed by atoms with Gasteiger partial charge in [-0.25, -0.2) is 9.79 Å². The number of rotatable bonds is 7. The van der Waals surface area contributed by atoms with E-state index in [1.54, 1.807) is 0 Å². The highest BCUT2D eigenvalue weighted by Crippen LogP contribution is 2.33. The summed E-state index contributed by atoms with van der Waals surface area (Å²) in [4.78, 5) is 18.7. The Morgan fingerprint density at radius 3 is 2.48 bits per heavy atom. The Morgan fingerprint density at radius 2 is 1.84 bits per heavy atom. The van der Waals surface area contributed by atoms with Crippen LogP contribution < -0.4 is 16.0 Å². The van der Waals surface area contributed by atoms with Gasteiger partial charge in [0.25, 0.3) is 0 Å². The molecular formula is C23H37N5O3. The molecule has 1 heterocycles. The summed E-state index contributed by atoms with van der Waals surface area (Å²) in [5.41, 5.74) is 1.97. The average molecular weight is 432 g/mol. The normalized spacial score (nSPS) is 19.5. The summed E-state index contributed by atoms with van der Waals surface area (Å²) in [6.07, 6.45) is 5.90. The molecule has 0 unspecified atom stereocenters. The summed E-state index contributed by atoms with van der Waals surface area (Å²) in [7, 11) is 1.35. The first-order chi connectivity index (χ1) is 15.1. The van der Waals surface area contributed by atoms with E-state index in [1.165, 1.54) is 39.2 Å². The zero-order valence-electron chi connectivity index (χ0n) is 18.9. The van der Waals surface area contributed by atoms with Crippen LogP contribution in [0.25, 0.3) is 0 Å². The molecule has 0 atom stereocenters. The summed E-state index contributed by atoms with van der Waals surface area (Å²) in [6.45, 7) is 8.07.